The van der Waals surface area contributed by atoms with Gasteiger partial charge in [0.1, 0.15) is 17.0 Å². The van der Waals surface area contributed by atoms with E-state index >= 15 is 0 Å². The Kier molecular flexibility index (Phi) is 5.62. The van der Waals surface area contributed by atoms with Gasteiger partial charge in [0.2, 0.25) is 5.91 Å². The van der Waals surface area contributed by atoms with Crippen molar-refractivity contribution in [1.82, 2.24) is 4.98 Å². The van der Waals surface area contributed by atoms with Crippen LogP contribution >= 0.6 is 11.3 Å². The van der Waals surface area contributed by atoms with E-state index in [1.165, 1.54) is 11.3 Å². The number of methoxy groups -OCH3 is 1. The Morgan fingerprint density at radius 2 is 1.97 bits per heavy atom. The lowest BCUT2D eigenvalue weighted by Gasteiger charge is -2.18. The van der Waals surface area contributed by atoms with Gasteiger partial charge in [0.05, 0.1) is 24.6 Å². The zero-order valence-electron chi connectivity index (χ0n) is 16.4. The predicted molar refractivity (Wildman–Crippen MR) is 116 cm³/mol. The molecule has 0 aliphatic rings. The van der Waals surface area contributed by atoms with E-state index in [1.54, 1.807) is 18.3 Å². The van der Waals surface area contributed by atoms with Crippen LogP contribution in [0.4, 0.5) is 5.13 Å². The molecule has 1 amide bonds. The molecule has 4 aromatic rings. The van der Waals surface area contributed by atoms with Gasteiger partial charge in [0, 0.05) is 6.42 Å². The summed E-state index contributed by atoms with van der Waals surface area (Å²) in [5.41, 5.74) is 3.03. The van der Waals surface area contributed by atoms with E-state index in [9.17, 15) is 4.79 Å². The van der Waals surface area contributed by atoms with Crippen LogP contribution in [0.25, 0.3) is 10.2 Å². The quantitative estimate of drug-likeness (QED) is 0.414. The van der Waals surface area contributed by atoms with Crippen LogP contribution in [0.3, 0.4) is 0 Å². The van der Waals surface area contributed by atoms with Gasteiger partial charge in [0.15, 0.2) is 5.13 Å². The second-order valence-electron chi connectivity index (χ2n) is 6.80. The summed E-state index contributed by atoms with van der Waals surface area (Å²) < 4.78 is 12.0. The molecule has 0 bridgehead atoms. The highest BCUT2D eigenvalue weighted by molar-refractivity contribution is 7.22. The fourth-order valence-electron chi connectivity index (χ4n) is 3.23. The molecule has 0 atom stereocenters. The van der Waals surface area contributed by atoms with E-state index in [2.05, 4.69) is 0 Å². The number of anilines is 1. The number of carbonyl (C=O) groups is 1. The molecule has 0 radical (unpaired) electrons. The summed E-state index contributed by atoms with van der Waals surface area (Å²) in [5, 5.41) is 0.655. The Labute approximate surface area is 173 Å². The van der Waals surface area contributed by atoms with Crippen molar-refractivity contribution in [3.05, 3.63) is 77.7 Å². The minimum Gasteiger partial charge on any atom is -0.494 e. The van der Waals surface area contributed by atoms with Crippen molar-refractivity contribution in [2.75, 3.05) is 12.0 Å². The molecule has 2 heterocycles. The number of carbonyl (C=O) groups excluding carboxylic acids is 1. The standard InChI is InChI=1S/C23H22N2O3S/c1-16-10-12-19(27-2)21-22(16)29-23(24-21)25(15-18-9-6-14-28-18)20(26)13-11-17-7-4-3-5-8-17/h3-10,12,14H,11,13,15H2,1-2H3. The number of thiazole rings is 1. The first kappa shape index (κ1) is 19.2. The van der Waals surface area contributed by atoms with Crippen LogP contribution in [0.2, 0.25) is 0 Å². The maximum absolute atomic E-state index is 13.2. The van der Waals surface area contributed by atoms with Gasteiger partial charge in [-0.2, -0.15) is 0 Å². The Hall–Kier alpha value is -3.12. The summed E-state index contributed by atoms with van der Waals surface area (Å²) in [5.74, 6) is 1.45. The zero-order valence-corrected chi connectivity index (χ0v) is 17.2. The number of rotatable bonds is 7. The summed E-state index contributed by atoms with van der Waals surface area (Å²) in [6.45, 7) is 2.39. The van der Waals surface area contributed by atoms with Gasteiger partial charge in [-0.15, -0.1) is 0 Å². The molecule has 2 aromatic heterocycles. The molecular weight excluding hydrogens is 384 g/mol. The average Bonchev–Trinajstić information content (AvgIpc) is 3.42. The summed E-state index contributed by atoms with van der Waals surface area (Å²) in [7, 11) is 1.63. The van der Waals surface area contributed by atoms with Gasteiger partial charge in [-0.25, -0.2) is 4.98 Å². The Bertz CT molecular complexity index is 1100. The van der Waals surface area contributed by atoms with Gasteiger partial charge in [-0.1, -0.05) is 47.7 Å². The summed E-state index contributed by atoms with van der Waals surface area (Å²) in [6, 6.07) is 17.7. The minimum atomic E-state index is 0.0147. The Balaban J connectivity index is 1.66. The lowest BCUT2D eigenvalue weighted by molar-refractivity contribution is -0.118. The molecule has 148 valence electrons. The Morgan fingerprint density at radius 3 is 2.69 bits per heavy atom. The molecule has 29 heavy (non-hydrogen) atoms. The smallest absolute Gasteiger partial charge is 0.229 e. The molecule has 0 spiro atoms. The highest BCUT2D eigenvalue weighted by atomic mass is 32.1. The van der Waals surface area contributed by atoms with Crippen LogP contribution < -0.4 is 9.64 Å². The average molecular weight is 407 g/mol. The first-order chi connectivity index (χ1) is 14.2. The molecule has 0 aliphatic carbocycles. The fraction of sp³-hybridized carbons (Fsp3) is 0.217. The summed E-state index contributed by atoms with van der Waals surface area (Å²) in [6.07, 6.45) is 2.70. The second-order valence-corrected chi connectivity index (χ2v) is 7.78. The van der Waals surface area contributed by atoms with Gasteiger partial charge < -0.3 is 9.15 Å². The van der Waals surface area contributed by atoms with E-state index in [1.807, 2.05) is 61.5 Å². The van der Waals surface area contributed by atoms with Crippen LogP contribution in [0, 0.1) is 6.92 Å². The molecular formula is C23H22N2O3S. The largest absolute Gasteiger partial charge is 0.494 e. The van der Waals surface area contributed by atoms with E-state index in [0.717, 1.165) is 27.1 Å². The third-order valence-electron chi connectivity index (χ3n) is 4.81. The third-order valence-corrected chi connectivity index (χ3v) is 6.02. The topological polar surface area (TPSA) is 55.6 Å². The van der Waals surface area contributed by atoms with Crippen molar-refractivity contribution in [3.8, 4) is 5.75 Å². The van der Waals surface area contributed by atoms with Crippen LogP contribution in [0.15, 0.2) is 65.3 Å². The van der Waals surface area contributed by atoms with Crippen LogP contribution in [0.1, 0.15) is 23.3 Å². The maximum atomic E-state index is 13.2. The lowest BCUT2D eigenvalue weighted by Crippen LogP contribution is -2.30. The molecule has 0 fully saturated rings. The number of aryl methyl sites for hydroxylation is 2. The van der Waals surface area contributed by atoms with Gasteiger partial charge >= 0.3 is 0 Å². The molecule has 0 unspecified atom stereocenters. The van der Waals surface area contributed by atoms with Crippen LogP contribution in [-0.4, -0.2) is 18.0 Å². The SMILES string of the molecule is COc1ccc(C)c2sc(N(Cc3ccco3)C(=O)CCc3ccccc3)nc12. The van der Waals surface area contributed by atoms with E-state index < -0.39 is 0 Å². The first-order valence-corrected chi connectivity index (χ1v) is 10.3. The predicted octanol–water partition coefficient (Wildman–Crippen LogP) is 5.37. The number of furan rings is 1. The van der Waals surface area contributed by atoms with Crippen molar-refractivity contribution in [2.45, 2.75) is 26.3 Å². The van der Waals surface area contributed by atoms with Crippen molar-refractivity contribution >= 4 is 32.6 Å². The van der Waals surface area contributed by atoms with Crippen molar-refractivity contribution in [2.24, 2.45) is 0 Å². The molecule has 2 aromatic carbocycles. The number of fused-ring (bicyclic) bond motifs is 1. The fourth-order valence-corrected chi connectivity index (χ4v) is 4.30. The number of hydrogen-bond acceptors (Lipinski definition) is 5. The van der Waals surface area contributed by atoms with Gasteiger partial charge in [-0.3, -0.25) is 9.69 Å². The molecule has 6 heteroatoms. The number of ether oxygens (including phenoxy) is 1. The normalized spacial score (nSPS) is 11.0. The number of nitrogens with zero attached hydrogens (tertiary/aromatic N) is 2. The van der Waals surface area contributed by atoms with Crippen LogP contribution in [-0.2, 0) is 17.8 Å². The van der Waals surface area contributed by atoms with Crippen molar-refractivity contribution in [1.29, 1.82) is 0 Å². The van der Waals surface area contributed by atoms with Gasteiger partial charge in [0.25, 0.3) is 0 Å². The van der Waals surface area contributed by atoms with E-state index in [4.69, 9.17) is 14.1 Å². The minimum absolute atomic E-state index is 0.0147. The molecule has 0 saturated carbocycles. The molecule has 0 N–H and O–H groups in total. The maximum Gasteiger partial charge on any atom is 0.229 e. The zero-order chi connectivity index (χ0) is 20.2. The van der Waals surface area contributed by atoms with Crippen molar-refractivity contribution in [3.63, 3.8) is 0 Å². The van der Waals surface area contributed by atoms with E-state index in [0.29, 0.717) is 30.3 Å². The number of benzene rings is 2. The summed E-state index contributed by atoms with van der Waals surface area (Å²) in [4.78, 5) is 19.7. The number of aromatic nitrogens is 1. The molecule has 0 saturated heterocycles. The molecule has 0 aliphatic heterocycles. The van der Waals surface area contributed by atoms with Crippen LogP contribution in [0.5, 0.6) is 5.75 Å². The summed E-state index contributed by atoms with van der Waals surface area (Å²) >= 11 is 1.51. The highest BCUT2D eigenvalue weighted by Gasteiger charge is 2.22. The second kappa shape index (κ2) is 8.49. The third kappa shape index (κ3) is 4.17. The first-order valence-electron chi connectivity index (χ1n) is 9.46. The molecule has 5 nitrogen and oxygen atoms in total. The van der Waals surface area contributed by atoms with E-state index in [-0.39, 0.29) is 5.91 Å². The highest BCUT2D eigenvalue weighted by Crippen LogP contribution is 2.37. The lowest BCUT2D eigenvalue weighted by atomic mass is 10.1. The van der Waals surface area contributed by atoms with Gasteiger partial charge in [-0.05, 0) is 42.7 Å². The molecule has 4 rings (SSSR count). The monoisotopic (exact) mass is 406 g/mol. The number of hydrogen-bond donors (Lipinski definition) is 0. The number of amides is 1. The van der Waals surface area contributed by atoms with Crippen molar-refractivity contribution < 1.29 is 13.9 Å². The Morgan fingerprint density at radius 1 is 1.14 bits per heavy atom.